The zero-order chi connectivity index (χ0) is 13.4. The highest BCUT2D eigenvalue weighted by Crippen LogP contribution is 2.24. The van der Waals surface area contributed by atoms with Gasteiger partial charge in [-0.05, 0) is 24.1 Å². The Kier molecular flexibility index (Phi) is 2.89. The first kappa shape index (κ1) is 12.0. The molecule has 0 atom stereocenters. The van der Waals surface area contributed by atoms with E-state index in [2.05, 4.69) is 5.32 Å². The lowest BCUT2D eigenvalue weighted by Gasteiger charge is -2.32. The molecule has 1 aromatic rings. The number of carbonyl (C=O) groups is 2. The van der Waals surface area contributed by atoms with E-state index in [9.17, 15) is 9.59 Å². The monoisotopic (exact) mass is 259 g/mol. The Morgan fingerprint density at radius 2 is 2.16 bits per heavy atom. The van der Waals surface area contributed by atoms with Crippen LogP contribution in [0.4, 0.5) is 5.69 Å². The van der Waals surface area contributed by atoms with E-state index >= 15 is 0 Å². The Bertz CT molecular complexity index is 541. The van der Waals surface area contributed by atoms with E-state index in [0.29, 0.717) is 18.7 Å². The number of nitrogens with one attached hydrogen (secondary N) is 1. The van der Waals surface area contributed by atoms with Crippen LogP contribution in [0.2, 0.25) is 0 Å². The van der Waals surface area contributed by atoms with Crippen LogP contribution in [-0.2, 0) is 11.2 Å². The molecule has 0 spiro atoms. The average molecular weight is 259 g/mol. The van der Waals surface area contributed by atoms with E-state index in [4.69, 9.17) is 0 Å². The van der Waals surface area contributed by atoms with Crippen LogP contribution in [0.15, 0.2) is 18.2 Å². The summed E-state index contributed by atoms with van der Waals surface area (Å²) in [7, 11) is 1.77. The summed E-state index contributed by atoms with van der Waals surface area (Å²) in [4.78, 5) is 27.3. The van der Waals surface area contributed by atoms with Crippen LogP contribution in [0.3, 0.4) is 0 Å². The van der Waals surface area contributed by atoms with Gasteiger partial charge in [0.25, 0.3) is 5.91 Å². The van der Waals surface area contributed by atoms with Crippen LogP contribution < -0.4 is 5.32 Å². The molecule has 1 aromatic carbocycles. The van der Waals surface area contributed by atoms with E-state index in [1.807, 2.05) is 18.2 Å². The van der Waals surface area contributed by atoms with Crippen molar-refractivity contribution in [2.75, 3.05) is 38.5 Å². The van der Waals surface area contributed by atoms with Crippen molar-refractivity contribution in [2.24, 2.45) is 0 Å². The van der Waals surface area contributed by atoms with Gasteiger partial charge in [-0.15, -0.1) is 0 Å². The molecule has 5 nitrogen and oxygen atoms in total. The lowest BCUT2D eigenvalue weighted by molar-refractivity contribution is -0.133. The number of benzene rings is 1. The zero-order valence-corrected chi connectivity index (χ0v) is 11.0. The van der Waals surface area contributed by atoms with Crippen LogP contribution in [0, 0.1) is 0 Å². The number of nitrogens with zero attached hydrogens (tertiary/aromatic N) is 2. The molecule has 0 bridgehead atoms. The fraction of sp³-hybridized carbons (Fsp3) is 0.429. The first-order valence-corrected chi connectivity index (χ1v) is 6.55. The number of likely N-dealkylation sites (N-methyl/N-ethyl adjacent to an activating group) is 1. The third kappa shape index (κ3) is 2.16. The van der Waals surface area contributed by atoms with Crippen molar-refractivity contribution >= 4 is 17.5 Å². The number of amides is 2. The van der Waals surface area contributed by atoms with Gasteiger partial charge in [0.1, 0.15) is 6.54 Å². The zero-order valence-electron chi connectivity index (χ0n) is 11.0. The van der Waals surface area contributed by atoms with Crippen molar-refractivity contribution in [2.45, 2.75) is 6.42 Å². The summed E-state index contributed by atoms with van der Waals surface area (Å²) in [6, 6.07) is 5.75. The van der Waals surface area contributed by atoms with Crippen molar-refractivity contribution in [3.63, 3.8) is 0 Å². The van der Waals surface area contributed by atoms with Gasteiger partial charge in [-0.25, -0.2) is 0 Å². The molecule has 0 aromatic heterocycles. The molecule has 0 radical (unpaired) electrons. The van der Waals surface area contributed by atoms with Crippen molar-refractivity contribution in [1.82, 2.24) is 9.80 Å². The van der Waals surface area contributed by atoms with Crippen molar-refractivity contribution in [3.05, 3.63) is 29.3 Å². The van der Waals surface area contributed by atoms with Crippen LogP contribution in [-0.4, -0.2) is 54.8 Å². The highest BCUT2D eigenvalue weighted by atomic mass is 16.2. The highest BCUT2D eigenvalue weighted by Gasteiger charge is 2.26. The number of hydrogen-bond acceptors (Lipinski definition) is 3. The standard InChI is InChI=1S/C14H17N3O2/c1-16-6-7-17(9-13(16)18)14(19)11-3-2-10-4-5-15-12(10)8-11/h2-3,8,15H,4-7,9H2,1H3. The molecule has 1 fully saturated rings. The highest BCUT2D eigenvalue weighted by molar-refractivity contribution is 5.98. The molecule has 2 aliphatic rings. The summed E-state index contributed by atoms with van der Waals surface area (Å²) in [5.74, 6) is -0.0585. The molecular weight excluding hydrogens is 242 g/mol. The van der Waals surface area contributed by atoms with Crippen LogP contribution in [0.5, 0.6) is 0 Å². The van der Waals surface area contributed by atoms with E-state index in [1.54, 1.807) is 16.8 Å². The summed E-state index contributed by atoms with van der Waals surface area (Å²) in [5.41, 5.74) is 2.96. The molecule has 3 rings (SSSR count). The summed E-state index contributed by atoms with van der Waals surface area (Å²) >= 11 is 0. The first-order chi connectivity index (χ1) is 9.15. The summed E-state index contributed by atoms with van der Waals surface area (Å²) in [6.45, 7) is 2.32. The Morgan fingerprint density at radius 1 is 1.32 bits per heavy atom. The molecule has 19 heavy (non-hydrogen) atoms. The van der Waals surface area contributed by atoms with Gasteiger partial charge in [-0.1, -0.05) is 6.07 Å². The lowest BCUT2D eigenvalue weighted by atomic mass is 10.1. The van der Waals surface area contributed by atoms with Gasteiger partial charge >= 0.3 is 0 Å². The number of fused-ring (bicyclic) bond motifs is 1. The third-order valence-corrected chi connectivity index (χ3v) is 3.81. The van der Waals surface area contributed by atoms with Gasteiger partial charge in [-0.2, -0.15) is 0 Å². The molecule has 2 aliphatic heterocycles. The summed E-state index contributed by atoms with van der Waals surface area (Å²) < 4.78 is 0. The predicted octanol–water partition coefficient (Wildman–Crippen LogP) is 0.569. The molecule has 2 heterocycles. The Labute approximate surface area is 112 Å². The summed E-state index contributed by atoms with van der Waals surface area (Å²) in [5, 5.41) is 3.27. The minimum Gasteiger partial charge on any atom is -0.384 e. The van der Waals surface area contributed by atoms with Crippen LogP contribution >= 0.6 is 0 Å². The average Bonchev–Trinajstić information content (AvgIpc) is 2.88. The first-order valence-electron chi connectivity index (χ1n) is 6.55. The van der Waals surface area contributed by atoms with Gasteiger partial charge in [0.15, 0.2) is 0 Å². The van der Waals surface area contributed by atoms with Crippen LogP contribution in [0.25, 0.3) is 0 Å². The van der Waals surface area contributed by atoms with E-state index in [-0.39, 0.29) is 18.4 Å². The van der Waals surface area contributed by atoms with Crippen molar-refractivity contribution < 1.29 is 9.59 Å². The Balaban J connectivity index is 1.79. The second kappa shape index (κ2) is 4.57. The smallest absolute Gasteiger partial charge is 0.254 e. The molecule has 0 unspecified atom stereocenters. The maximum Gasteiger partial charge on any atom is 0.254 e. The fourth-order valence-electron chi connectivity index (χ4n) is 2.54. The number of anilines is 1. The van der Waals surface area contributed by atoms with Gasteiger partial charge in [0, 0.05) is 37.9 Å². The van der Waals surface area contributed by atoms with Crippen molar-refractivity contribution in [3.8, 4) is 0 Å². The molecule has 100 valence electrons. The third-order valence-electron chi connectivity index (χ3n) is 3.81. The number of rotatable bonds is 1. The second-order valence-corrected chi connectivity index (χ2v) is 5.09. The summed E-state index contributed by atoms with van der Waals surface area (Å²) in [6.07, 6.45) is 1.01. The van der Waals surface area contributed by atoms with Crippen molar-refractivity contribution in [1.29, 1.82) is 0 Å². The van der Waals surface area contributed by atoms with Gasteiger partial charge in [0.05, 0.1) is 0 Å². The number of carbonyl (C=O) groups excluding carboxylic acids is 2. The van der Waals surface area contributed by atoms with E-state index in [0.717, 1.165) is 18.7 Å². The lowest BCUT2D eigenvalue weighted by Crippen LogP contribution is -2.50. The minimum absolute atomic E-state index is 0.00103. The minimum atomic E-state index is -0.0575. The molecule has 0 aliphatic carbocycles. The predicted molar refractivity (Wildman–Crippen MR) is 72.2 cm³/mol. The molecule has 0 saturated carbocycles. The van der Waals surface area contributed by atoms with E-state index < -0.39 is 0 Å². The maximum absolute atomic E-state index is 12.4. The largest absolute Gasteiger partial charge is 0.384 e. The fourth-order valence-corrected chi connectivity index (χ4v) is 2.54. The number of piperazine rings is 1. The Morgan fingerprint density at radius 3 is 2.95 bits per heavy atom. The SMILES string of the molecule is CN1CCN(C(=O)c2ccc3c(c2)NCC3)CC1=O. The molecule has 2 amide bonds. The number of hydrogen-bond donors (Lipinski definition) is 1. The molecule has 5 heteroatoms. The Hall–Kier alpha value is -2.04. The molecule has 1 saturated heterocycles. The molecule has 1 N–H and O–H groups in total. The van der Waals surface area contributed by atoms with Gasteiger partial charge < -0.3 is 15.1 Å². The van der Waals surface area contributed by atoms with Gasteiger partial charge in [0.2, 0.25) is 5.91 Å². The topological polar surface area (TPSA) is 52.6 Å². The quantitative estimate of drug-likeness (QED) is 0.802. The normalized spacial score (nSPS) is 18.3. The second-order valence-electron chi connectivity index (χ2n) is 5.09. The van der Waals surface area contributed by atoms with Gasteiger partial charge in [-0.3, -0.25) is 9.59 Å². The maximum atomic E-state index is 12.4. The van der Waals surface area contributed by atoms with E-state index in [1.165, 1.54) is 5.56 Å². The van der Waals surface area contributed by atoms with Crippen LogP contribution in [0.1, 0.15) is 15.9 Å². The molecular formula is C14H17N3O2.